The lowest BCUT2D eigenvalue weighted by Gasteiger charge is -2.10. The van der Waals surface area contributed by atoms with Crippen molar-refractivity contribution in [2.24, 2.45) is 5.73 Å². The van der Waals surface area contributed by atoms with E-state index in [1.165, 1.54) is 12.1 Å². The summed E-state index contributed by atoms with van der Waals surface area (Å²) in [6.07, 6.45) is 0. The van der Waals surface area contributed by atoms with Gasteiger partial charge >= 0.3 is 0 Å². The number of carbonyl (C=O) groups is 1. The predicted molar refractivity (Wildman–Crippen MR) is 77.8 cm³/mol. The molecule has 6 heteroatoms. The number of rotatable bonds is 4. The molecule has 2 rings (SSSR count). The lowest BCUT2D eigenvalue weighted by Crippen LogP contribution is -2.11. The van der Waals surface area contributed by atoms with Crippen molar-refractivity contribution in [3.05, 3.63) is 57.8 Å². The van der Waals surface area contributed by atoms with Crippen LogP contribution < -0.4 is 16.2 Å². The highest BCUT2D eigenvalue weighted by molar-refractivity contribution is 9.10. The van der Waals surface area contributed by atoms with E-state index in [9.17, 15) is 9.18 Å². The predicted octanol–water partition coefficient (Wildman–Crippen LogP) is 2.85. The van der Waals surface area contributed by atoms with E-state index in [-0.39, 0.29) is 12.2 Å². The summed E-state index contributed by atoms with van der Waals surface area (Å²) in [5.74, 6) is -0.695. The number of nitrogen functional groups attached to an aromatic ring is 1. The summed E-state index contributed by atoms with van der Waals surface area (Å²) >= 11 is 3.30. The van der Waals surface area contributed by atoms with Gasteiger partial charge in [0.1, 0.15) is 18.2 Å². The Morgan fingerprint density at radius 2 is 2.05 bits per heavy atom. The Kier molecular flexibility index (Phi) is 4.24. The lowest BCUT2D eigenvalue weighted by molar-refractivity contribution is 0.0999. The van der Waals surface area contributed by atoms with Crippen molar-refractivity contribution in [2.75, 3.05) is 5.73 Å². The second-order valence-electron chi connectivity index (χ2n) is 4.12. The lowest BCUT2D eigenvalue weighted by atomic mass is 10.1. The van der Waals surface area contributed by atoms with Crippen LogP contribution in [0.2, 0.25) is 0 Å². The number of nitrogens with two attached hydrogens (primary N) is 2. The molecule has 0 aliphatic carbocycles. The number of benzene rings is 2. The fourth-order valence-corrected chi connectivity index (χ4v) is 1.99. The van der Waals surface area contributed by atoms with Crippen LogP contribution in [0.4, 0.5) is 10.1 Å². The van der Waals surface area contributed by atoms with E-state index in [2.05, 4.69) is 15.9 Å². The Hall–Kier alpha value is -2.08. The first-order valence-corrected chi connectivity index (χ1v) is 6.53. The minimum absolute atomic E-state index is 0.0208. The highest BCUT2D eigenvalue weighted by Gasteiger charge is 2.09. The van der Waals surface area contributed by atoms with Gasteiger partial charge in [-0.05, 0) is 40.2 Å². The van der Waals surface area contributed by atoms with Gasteiger partial charge in [-0.3, -0.25) is 4.79 Å². The van der Waals surface area contributed by atoms with Gasteiger partial charge in [-0.2, -0.15) is 0 Å². The van der Waals surface area contributed by atoms with Crippen LogP contribution in [0, 0.1) is 5.82 Å². The highest BCUT2D eigenvalue weighted by atomic mass is 79.9. The first-order chi connectivity index (χ1) is 9.49. The first kappa shape index (κ1) is 14.3. The minimum Gasteiger partial charge on any atom is -0.488 e. The molecular formula is C14H12BrFN2O2. The summed E-state index contributed by atoms with van der Waals surface area (Å²) in [6, 6.07) is 9.20. The Morgan fingerprint density at radius 1 is 1.30 bits per heavy atom. The standard InChI is InChI=1S/C14H12BrFN2O2/c15-13-11(17)2-1-3-12(13)20-7-9-5-4-8(14(18)19)6-10(9)16/h1-6H,7,17H2,(H2,18,19). The number of ether oxygens (including phenoxy) is 1. The van der Waals surface area contributed by atoms with Crippen LogP contribution in [0.5, 0.6) is 5.75 Å². The molecule has 0 fully saturated rings. The zero-order valence-corrected chi connectivity index (χ0v) is 12.0. The molecular weight excluding hydrogens is 327 g/mol. The van der Waals surface area contributed by atoms with Crippen LogP contribution in [0.25, 0.3) is 0 Å². The van der Waals surface area contributed by atoms with Crippen molar-refractivity contribution in [1.82, 2.24) is 0 Å². The number of amides is 1. The maximum atomic E-state index is 13.8. The summed E-state index contributed by atoms with van der Waals surface area (Å²) in [4.78, 5) is 10.9. The molecule has 0 aliphatic rings. The maximum absolute atomic E-state index is 13.8. The van der Waals surface area contributed by atoms with Crippen molar-refractivity contribution in [1.29, 1.82) is 0 Å². The van der Waals surface area contributed by atoms with Crippen LogP contribution in [0.3, 0.4) is 0 Å². The molecule has 104 valence electrons. The summed E-state index contributed by atoms with van der Waals surface area (Å²) in [5, 5.41) is 0. The maximum Gasteiger partial charge on any atom is 0.248 e. The SMILES string of the molecule is NC(=O)c1ccc(COc2cccc(N)c2Br)c(F)c1. The second-order valence-corrected chi connectivity index (χ2v) is 4.91. The summed E-state index contributed by atoms with van der Waals surface area (Å²) in [7, 11) is 0. The van der Waals surface area contributed by atoms with Crippen LogP contribution in [0.15, 0.2) is 40.9 Å². The van der Waals surface area contributed by atoms with E-state index in [4.69, 9.17) is 16.2 Å². The molecule has 0 unspecified atom stereocenters. The average Bonchev–Trinajstić information content (AvgIpc) is 2.41. The molecule has 0 saturated heterocycles. The van der Waals surface area contributed by atoms with E-state index < -0.39 is 11.7 Å². The van der Waals surface area contributed by atoms with Gasteiger partial charge in [0.25, 0.3) is 0 Å². The van der Waals surface area contributed by atoms with E-state index >= 15 is 0 Å². The van der Waals surface area contributed by atoms with Crippen molar-refractivity contribution in [3.8, 4) is 5.75 Å². The molecule has 0 radical (unpaired) electrons. The van der Waals surface area contributed by atoms with Crippen LogP contribution in [0.1, 0.15) is 15.9 Å². The number of anilines is 1. The molecule has 2 aromatic rings. The third-order valence-corrected chi connectivity index (χ3v) is 3.56. The normalized spacial score (nSPS) is 10.3. The molecule has 0 spiro atoms. The molecule has 1 amide bonds. The Labute approximate surface area is 123 Å². The van der Waals surface area contributed by atoms with E-state index in [0.717, 1.165) is 6.07 Å². The third-order valence-electron chi connectivity index (χ3n) is 2.71. The van der Waals surface area contributed by atoms with Crippen molar-refractivity contribution < 1.29 is 13.9 Å². The molecule has 0 aromatic heterocycles. The van der Waals surface area contributed by atoms with Crippen LogP contribution in [-0.4, -0.2) is 5.91 Å². The number of hydrogen-bond acceptors (Lipinski definition) is 3. The van der Waals surface area contributed by atoms with Gasteiger partial charge in [-0.25, -0.2) is 4.39 Å². The Bertz CT molecular complexity index is 662. The van der Waals surface area contributed by atoms with Gasteiger partial charge < -0.3 is 16.2 Å². The molecule has 0 saturated carbocycles. The van der Waals surface area contributed by atoms with Crippen molar-refractivity contribution >= 4 is 27.5 Å². The van der Waals surface area contributed by atoms with Crippen molar-refractivity contribution in [2.45, 2.75) is 6.61 Å². The number of hydrogen-bond donors (Lipinski definition) is 2. The smallest absolute Gasteiger partial charge is 0.248 e. The fraction of sp³-hybridized carbons (Fsp3) is 0.0714. The number of halogens is 2. The monoisotopic (exact) mass is 338 g/mol. The molecule has 0 bridgehead atoms. The van der Waals surface area contributed by atoms with E-state index in [1.54, 1.807) is 18.2 Å². The zero-order valence-electron chi connectivity index (χ0n) is 10.4. The van der Waals surface area contributed by atoms with Gasteiger partial charge in [0, 0.05) is 16.8 Å². The van der Waals surface area contributed by atoms with Gasteiger partial charge in [-0.1, -0.05) is 12.1 Å². The van der Waals surface area contributed by atoms with Gasteiger partial charge in [0.2, 0.25) is 5.91 Å². The van der Waals surface area contributed by atoms with E-state index in [0.29, 0.717) is 21.5 Å². The van der Waals surface area contributed by atoms with Crippen LogP contribution in [-0.2, 0) is 6.61 Å². The summed E-state index contributed by atoms with van der Waals surface area (Å²) in [5.41, 5.74) is 11.8. The second kappa shape index (κ2) is 5.92. The van der Waals surface area contributed by atoms with Crippen LogP contribution >= 0.6 is 15.9 Å². The molecule has 0 heterocycles. The van der Waals surface area contributed by atoms with Gasteiger partial charge in [-0.15, -0.1) is 0 Å². The molecule has 4 N–H and O–H groups in total. The Balaban J connectivity index is 2.15. The minimum atomic E-state index is -0.671. The highest BCUT2D eigenvalue weighted by Crippen LogP contribution is 2.30. The zero-order chi connectivity index (χ0) is 14.7. The summed E-state index contributed by atoms with van der Waals surface area (Å²) < 4.78 is 19.9. The molecule has 0 atom stereocenters. The molecule has 2 aromatic carbocycles. The molecule has 0 aliphatic heterocycles. The van der Waals surface area contributed by atoms with Gasteiger partial charge in [0.05, 0.1) is 4.47 Å². The Morgan fingerprint density at radius 3 is 2.70 bits per heavy atom. The summed E-state index contributed by atoms with van der Waals surface area (Å²) in [6.45, 7) is 0.0208. The number of carbonyl (C=O) groups excluding carboxylic acids is 1. The largest absolute Gasteiger partial charge is 0.488 e. The van der Waals surface area contributed by atoms with E-state index in [1.807, 2.05) is 0 Å². The van der Waals surface area contributed by atoms with Crippen molar-refractivity contribution in [3.63, 3.8) is 0 Å². The first-order valence-electron chi connectivity index (χ1n) is 5.74. The fourth-order valence-electron chi connectivity index (χ4n) is 1.61. The quantitative estimate of drug-likeness (QED) is 0.841. The molecule has 4 nitrogen and oxygen atoms in total. The van der Waals surface area contributed by atoms with Gasteiger partial charge in [0.15, 0.2) is 0 Å². The third kappa shape index (κ3) is 3.08. The topological polar surface area (TPSA) is 78.3 Å². The molecule has 20 heavy (non-hydrogen) atoms. The average molecular weight is 339 g/mol. The number of primary amides is 1.